The second-order valence-corrected chi connectivity index (χ2v) is 3.65. The van der Waals surface area contributed by atoms with Gasteiger partial charge in [-0.25, -0.2) is 0 Å². The number of nitro benzene ring substituents is 1. The zero-order chi connectivity index (χ0) is 11.1. The fraction of sp³-hybridized carbons (Fsp3) is 0. The summed E-state index contributed by atoms with van der Waals surface area (Å²) in [5.74, 6) is 0. The van der Waals surface area contributed by atoms with E-state index in [2.05, 4.69) is 0 Å². The van der Waals surface area contributed by atoms with E-state index in [4.69, 9.17) is 0 Å². The van der Waals surface area contributed by atoms with E-state index in [0.717, 1.165) is 16.3 Å². The Kier molecular flexibility index (Phi) is 1.71. The molecule has 0 bridgehead atoms. The molecule has 0 radical (unpaired) electrons. The highest BCUT2D eigenvalue weighted by Gasteiger charge is 2.09. The normalized spacial score (nSPS) is 11.0. The number of nitro groups is 1. The van der Waals surface area contributed by atoms with Crippen molar-refractivity contribution in [1.29, 1.82) is 0 Å². The summed E-state index contributed by atoms with van der Waals surface area (Å²) in [7, 11) is 0. The average Bonchev–Trinajstić information content (AvgIpc) is 2.66. The summed E-state index contributed by atoms with van der Waals surface area (Å²) in [5, 5.41) is 12.6. The third kappa shape index (κ3) is 1.16. The first kappa shape index (κ1) is 8.91. The zero-order valence-corrected chi connectivity index (χ0v) is 8.33. The molecule has 4 nitrogen and oxygen atoms in total. The van der Waals surface area contributed by atoms with Gasteiger partial charge in [0, 0.05) is 35.3 Å². The molecule has 4 heteroatoms. The first-order chi connectivity index (χ1) is 7.75. The van der Waals surface area contributed by atoms with Crippen molar-refractivity contribution in [3.63, 3.8) is 0 Å². The summed E-state index contributed by atoms with van der Waals surface area (Å²) < 4.78 is 1.97. The lowest BCUT2D eigenvalue weighted by molar-refractivity contribution is -0.384. The molecule has 0 amide bonds. The number of nitrogens with zero attached hydrogens (tertiary/aromatic N) is 2. The quantitative estimate of drug-likeness (QED) is 0.459. The highest BCUT2D eigenvalue weighted by atomic mass is 16.6. The maximum atomic E-state index is 10.7. The van der Waals surface area contributed by atoms with E-state index < -0.39 is 0 Å². The first-order valence-corrected chi connectivity index (χ1v) is 4.89. The number of hydrogen-bond donors (Lipinski definition) is 0. The van der Waals surface area contributed by atoms with Crippen molar-refractivity contribution in [1.82, 2.24) is 4.40 Å². The van der Waals surface area contributed by atoms with Gasteiger partial charge in [0.15, 0.2) is 0 Å². The number of non-ortho nitro benzene ring substituents is 1. The Balaban J connectivity index is 2.44. The summed E-state index contributed by atoms with van der Waals surface area (Å²) in [5.41, 5.74) is 1.12. The van der Waals surface area contributed by atoms with Gasteiger partial charge in [-0.15, -0.1) is 0 Å². The van der Waals surface area contributed by atoms with Crippen LogP contribution in [0.1, 0.15) is 0 Å². The van der Waals surface area contributed by atoms with Crippen molar-refractivity contribution >= 4 is 22.0 Å². The number of pyridine rings is 1. The average molecular weight is 212 g/mol. The molecule has 0 unspecified atom stereocenters. The Morgan fingerprint density at radius 3 is 2.88 bits per heavy atom. The van der Waals surface area contributed by atoms with Crippen molar-refractivity contribution in [2.45, 2.75) is 0 Å². The lowest BCUT2D eigenvalue weighted by Crippen LogP contribution is -1.86. The summed E-state index contributed by atoms with van der Waals surface area (Å²) in [6.07, 6.45) is 3.90. The van der Waals surface area contributed by atoms with Gasteiger partial charge in [0.25, 0.3) is 5.69 Å². The van der Waals surface area contributed by atoms with Crippen molar-refractivity contribution in [2.75, 3.05) is 0 Å². The van der Waals surface area contributed by atoms with Crippen LogP contribution in [-0.2, 0) is 0 Å². The van der Waals surface area contributed by atoms with E-state index in [9.17, 15) is 10.1 Å². The highest BCUT2D eigenvalue weighted by molar-refractivity contribution is 5.98. The van der Waals surface area contributed by atoms with Crippen molar-refractivity contribution in [3.05, 3.63) is 58.9 Å². The van der Waals surface area contributed by atoms with Gasteiger partial charge in [0.1, 0.15) is 0 Å². The number of hydrogen-bond acceptors (Lipinski definition) is 2. The van der Waals surface area contributed by atoms with Crippen LogP contribution >= 0.6 is 0 Å². The van der Waals surface area contributed by atoms with Gasteiger partial charge in [-0.05, 0) is 18.2 Å². The summed E-state index contributed by atoms with van der Waals surface area (Å²) in [6.45, 7) is 0. The molecule has 1 aromatic carbocycles. The molecule has 0 fully saturated rings. The monoisotopic (exact) mass is 212 g/mol. The van der Waals surface area contributed by atoms with Gasteiger partial charge in [0.2, 0.25) is 0 Å². The van der Waals surface area contributed by atoms with Gasteiger partial charge < -0.3 is 4.40 Å². The molecule has 0 saturated heterocycles. The minimum Gasteiger partial charge on any atom is -0.323 e. The molecule has 0 aliphatic rings. The van der Waals surface area contributed by atoms with E-state index in [-0.39, 0.29) is 10.6 Å². The van der Waals surface area contributed by atoms with Crippen molar-refractivity contribution < 1.29 is 4.92 Å². The Morgan fingerprint density at radius 1 is 1.19 bits per heavy atom. The van der Waals surface area contributed by atoms with Crippen LogP contribution < -0.4 is 0 Å². The molecule has 0 atom stereocenters. The molecule has 16 heavy (non-hydrogen) atoms. The van der Waals surface area contributed by atoms with Crippen LogP contribution in [0.15, 0.2) is 48.8 Å². The highest BCUT2D eigenvalue weighted by Crippen LogP contribution is 2.26. The summed E-state index contributed by atoms with van der Waals surface area (Å²) >= 11 is 0. The number of rotatable bonds is 1. The minimum absolute atomic E-state index is 0.129. The van der Waals surface area contributed by atoms with Crippen LogP contribution in [0.2, 0.25) is 0 Å². The molecule has 0 aliphatic heterocycles. The Morgan fingerprint density at radius 2 is 2.06 bits per heavy atom. The van der Waals surface area contributed by atoms with Gasteiger partial charge in [-0.2, -0.15) is 0 Å². The maximum absolute atomic E-state index is 10.7. The molecule has 0 aliphatic carbocycles. The smallest absolute Gasteiger partial charge is 0.270 e. The van der Waals surface area contributed by atoms with E-state index in [1.807, 2.05) is 35.0 Å². The number of aromatic nitrogens is 1. The van der Waals surface area contributed by atoms with Crippen LogP contribution in [0.5, 0.6) is 0 Å². The van der Waals surface area contributed by atoms with Crippen molar-refractivity contribution in [3.8, 4) is 0 Å². The minimum atomic E-state index is -0.369. The molecule has 78 valence electrons. The van der Waals surface area contributed by atoms with Gasteiger partial charge in [0.05, 0.1) is 10.4 Å². The predicted molar refractivity (Wildman–Crippen MR) is 61.6 cm³/mol. The second-order valence-electron chi connectivity index (χ2n) is 3.65. The van der Waals surface area contributed by atoms with E-state index >= 15 is 0 Å². The molecule has 2 aromatic heterocycles. The summed E-state index contributed by atoms with van der Waals surface area (Å²) in [6, 6.07) is 10.7. The van der Waals surface area contributed by atoms with E-state index in [1.54, 1.807) is 12.1 Å². The zero-order valence-electron chi connectivity index (χ0n) is 8.33. The predicted octanol–water partition coefficient (Wildman–Crippen LogP) is 3.00. The lowest BCUT2D eigenvalue weighted by atomic mass is 10.2. The van der Waals surface area contributed by atoms with Gasteiger partial charge in [-0.1, -0.05) is 6.07 Å². The van der Waals surface area contributed by atoms with Gasteiger partial charge >= 0.3 is 0 Å². The van der Waals surface area contributed by atoms with Crippen molar-refractivity contribution in [2.24, 2.45) is 0 Å². The second kappa shape index (κ2) is 3.06. The van der Waals surface area contributed by atoms with Crippen LogP contribution in [0, 0.1) is 10.1 Å². The molecule has 3 aromatic rings. The van der Waals surface area contributed by atoms with Crippen LogP contribution in [0.25, 0.3) is 16.3 Å². The topological polar surface area (TPSA) is 47.5 Å². The SMILES string of the molecule is O=[N+]([O-])c1ccc2cn3ccccc3c2c1. The fourth-order valence-corrected chi connectivity index (χ4v) is 1.94. The molecule has 0 spiro atoms. The molecular weight excluding hydrogens is 204 g/mol. The van der Waals surface area contributed by atoms with Crippen LogP contribution in [0.4, 0.5) is 5.69 Å². The molecule has 2 heterocycles. The van der Waals surface area contributed by atoms with E-state index in [1.165, 1.54) is 6.07 Å². The molecule has 0 saturated carbocycles. The number of fused-ring (bicyclic) bond motifs is 3. The number of benzene rings is 1. The Labute approximate surface area is 90.9 Å². The van der Waals surface area contributed by atoms with Gasteiger partial charge in [-0.3, -0.25) is 10.1 Å². The third-order valence-electron chi connectivity index (χ3n) is 2.69. The molecule has 0 N–H and O–H groups in total. The van der Waals surface area contributed by atoms with Crippen LogP contribution in [0.3, 0.4) is 0 Å². The Bertz CT molecular complexity index is 700. The lowest BCUT2D eigenvalue weighted by Gasteiger charge is -1.93. The standard InChI is InChI=1S/C12H8N2O2/c15-14(16)10-5-4-9-8-13-6-2-1-3-12(13)11(9)7-10/h1-8H. The maximum Gasteiger partial charge on any atom is 0.270 e. The molecular formula is C12H8N2O2. The third-order valence-corrected chi connectivity index (χ3v) is 2.69. The van der Waals surface area contributed by atoms with E-state index in [0.29, 0.717) is 0 Å². The largest absolute Gasteiger partial charge is 0.323 e. The Hall–Kier alpha value is -2.36. The fourth-order valence-electron chi connectivity index (χ4n) is 1.94. The first-order valence-electron chi connectivity index (χ1n) is 4.89. The summed E-state index contributed by atoms with van der Waals surface area (Å²) in [4.78, 5) is 10.3. The molecule has 3 rings (SSSR count). The van der Waals surface area contributed by atoms with Crippen LogP contribution in [-0.4, -0.2) is 9.32 Å².